The Bertz CT molecular complexity index is 482. The molecule has 0 aliphatic rings. The van der Waals surface area contributed by atoms with E-state index in [-0.39, 0.29) is 0 Å². The van der Waals surface area contributed by atoms with E-state index < -0.39 is 0 Å². The summed E-state index contributed by atoms with van der Waals surface area (Å²) in [7, 11) is 1.83. The minimum Gasteiger partial charge on any atom is -0.434 e. The zero-order valence-electron chi connectivity index (χ0n) is 9.92. The molecule has 6 nitrogen and oxygen atoms in total. The number of nitrogens with one attached hydrogen (secondary N) is 1. The number of anilines is 1. The van der Waals surface area contributed by atoms with Crippen LogP contribution in [0.5, 0.6) is 11.6 Å². The highest BCUT2D eigenvalue weighted by atomic mass is 16.5. The summed E-state index contributed by atoms with van der Waals surface area (Å²) in [6, 6.07) is 0. The third kappa shape index (κ3) is 3.17. The van der Waals surface area contributed by atoms with Crippen LogP contribution >= 0.6 is 0 Å². The highest BCUT2D eigenvalue weighted by molar-refractivity contribution is 5.34. The minimum atomic E-state index is 0.458. The number of hydrogen-bond acceptors (Lipinski definition) is 5. The van der Waals surface area contributed by atoms with Gasteiger partial charge in [0.25, 0.3) is 0 Å². The van der Waals surface area contributed by atoms with E-state index in [4.69, 9.17) is 4.74 Å². The molecule has 0 unspecified atom stereocenters. The molecule has 6 heteroatoms. The van der Waals surface area contributed by atoms with Crippen LogP contribution in [0.3, 0.4) is 0 Å². The van der Waals surface area contributed by atoms with Gasteiger partial charge in [-0.3, -0.25) is 9.67 Å². The quantitative estimate of drug-likeness (QED) is 0.853. The van der Waals surface area contributed by atoms with Gasteiger partial charge < -0.3 is 10.1 Å². The van der Waals surface area contributed by atoms with Crippen LogP contribution in [-0.2, 0) is 7.05 Å². The Morgan fingerprint density at radius 2 is 2.24 bits per heavy atom. The molecular weight excluding hydrogens is 218 g/mol. The van der Waals surface area contributed by atoms with E-state index in [2.05, 4.69) is 27.3 Å². The first-order valence-electron chi connectivity index (χ1n) is 5.50. The van der Waals surface area contributed by atoms with Gasteiger partial charge in [-0.2, -0.15) is 10.1 Å². The van der Waals surface area contributed by atoms with Gasteiger partial charge in [0.05, 0.1) is 24.8 Å². The third-order valence-electron chi connectivity index (χ3n) is 2.07. The van der Waals surface area contributed by atoms with E-state index in [0.717, 1.165) is 13.0 Å². The van der Waals surface area contributed by atoms with Crippen molar-refractivity contribution < 1.29 is 4.74 Å². The highest BCUT2D eigenvalue weighted by Crippen LogP contribution is 2.18. The van der Waals surface area contributed by atoms with Crippen molar-refractivity contribution in [1.82, 2.24) is 19.7 Å². The highest BCUT2D eigenvalue weighted by Gasteiger charge is 2.02. The first kappa shape index (κ1) is 11.4. The molecule has 0 radical (unpaired) electrons. The van der Waals surface area contributed by atoms with Crippen LogP contribution in [0.25, 0.3) is 0 Å². The van der Waals surface area contributed by atoms with E-state index >= 15 is 0 Å². The molecule has 17 heavy (non-hydrogen) atoms. The lowest BCUT2D eigenvalue weighted by atomic mass is 10.5. The first-order valence-corrected chi connectivity index (χ1v) is 5.50. The minimum absolute atomic E-state index is 0.458. The lowest BCUT2D eigenvalue weighted by molar-refractivity contribution is 0.460. The number of aromatic nitrogens is 4. The molecule has 2 rings (SSSR count). The zero-order chi connectivity index (χ0) is 12.1. The molecule has 0 saturated heterocycles. The number of aryl methyl sites for hydroxylation is 1. The van der Waals surface area contributed by atoms with Crippen molar-refractivity contribution in [3.05, 3.63) is 24.8 Å². The van der Waals surface area contributed by atoms with Gasteiger partial charge in [-0.05, 0) is 6.42 Å². The summed E-state index contributed by atoms with van der Waals surface area (Å²) in [5.74, 6) is 1.82. The zero-order valence-corrected chi connectivity index (χ0v) is 9.92. The van der Waals surface area contributed by atoms with E-state index in [1.165, 1.54) is 0 Å². The van der Waals surface area contributed by atoms with Crippen molar-refractivity contribution in [2.75, 3.05) is 11.9 Å². The van der Waals surface area contributed by atoms with Gasteiger partial charge in [0, 0.05) is 13.6 Å². The number of nitrogens with zero attached hydrogens (tertiary/aromatic N) is 4. The Morgan fingerprint density at radius 3 is 2.94 bits per heavy atom. The fourth-order valence-electron chi connectivity index (χ4n) is 1.31. The summed E-state index contributed by atoms with van der Waals surface area (Å²) in [5.41, 5.74) is 0. The maximum Gasteiger partial charge on any atom is 0.239 e. The smallest absolute Gasteiger partial charge is 0.239 e. The number of hydrogen-bond donors (Lipinski definition) is 1. The molecule has 0 spiro atoms. The molecule has 1 N–H and O–H groups in total. The Balaban J connectivity index is 2.05. The molecule has 0 saturated carbocycles. The molecule has 0 aliphatic heterocycles. The van der Waals surface area contributed by atoms with Crippen LogP contribution in [0.15, 0.2) is 24.8 Å². The van der Waals surface area contributed by atoms with Crippen LogP contribution in [-0.4, -0.2) is 26.3 Å². The van der Waals surface area contributed by atoms with Crippen LogP contribution < -0.4 is 10.1 Å². The molecule has 2 heterocycles. The fraction of sp³-hybridized carbons (Fsp3) is 0.364. The number of ether oxygens (including phenoxy) is 1. The summed E-state index contributed by atoms with van der Waals surface area (Å²) in [6.45, 7) is 2.96. The van der Waals surface area contributed by atoms with E-state index in [9.17, 15) is 0 Å². The molecule has 0 fully saturated rings. The molecule has 0 atom stereocenters. The average molecular weight is 233 g/mol. The van der Waals surface area contributed by atoms with Gasteiger partial charge in [0.15, 0.2) is 5.75 Å². The Hall–Kier alpha value is -2.11. The summed E-state index contributed by atoms with van der Waals surface area (Å²) in [5, 5.41) is 7.16. The summed E-state index contributed by atoms with van der Waals surface area (Å²) in [6.07, 6.45) is 7.69. The lowest BCUT2D eigenvalue weighted by Crippen LogP contribution is -2.02. The van der Waals surface area contributed by atoms with Crippen molar-refractivity contribution in [1.29, 1.82) is 0 Å². The second kappa shape index (κ2) is 5.29. The van der Waals surface area contributed by atoms with Crippen LogP contribution in [0, 0.1) is 0 Å². The molecule has 0 bridgehead atoms. The van der Waals surface area contributed by atoms with E-state index in [0.29, 0.717) is 17.4 Å². The standard InChI is InChI=1S/C11H15N5O/c1-3-4-13-10-6-12-7-11(15-10)17-9-5-14-16(2)8-9/h5-8H,3-4H2,1-2H3,(H,13,15). The molecule has 2 aromatic rings. The van der Waals surface area contributed by atoms with E-state index in [1.54, 1.807) is 29.5 Å². The maximum absolute atomic E-state index is 5.52. The second-order valence-electron chi connectivity index (χ2n) is 3.62. The third-order valence-corrected chi connectivity index (χ3v) is 2.07. The average Bonchev–Trinajstić information content (AvgIpc) is 2.73. The SMILES string of the molecule is CCCNc1cncc(Oc2cnn(C)c2)n1. The van der Waals surface area contributed by atoms with Gasteiger partial charge in [-0.1, -0.05) is 6.92 Å². The molecule has 0 amide bonds. The first-order chi connectivity index (χ1) is 8.28. The van der Waals surface area contributed by atoms with Gasteiger partial charge in [0.1, 0.15) is 5.82 Å². The van der Waals surface area contributed by atoms with Gasteiger partial charge in [-0.15, -0.1) is 0 Å². The summed E-state index contributed by atoms with van der Waals surface area (Å²) >= 11 is 0. The Kier molecular flexibility index (Phi) is 3.54. The molecular formula is C11H15N5O. The Labute approximate surface area is 99.7 Å². The maximum atomic E-state index is 5.52. The van der Waals surface area contributed by atoms with Crippen LogP contribution in [0.1, 0.15) is 13.3 Å². The van der Waals surface area contributed by atoms with Gasteiger partial charge in [-0.25, -0.2) is 0 Å². The predicted molar refractivity (Wildman–Crippen MR) is 64.1 cm³/mol. The van der Waals surface area contributed by atoms with Crippen molar-refractivity contribution in [2.45, 2.75) is 13.3 Å². The largest absolute Gasteiger partial charge is 0.434 e. The van der Waals surface area contributed by atoms with Crippen molar-refractivity contribution in [2.24, 2.45) is 7.05 Å². The van der Waals surface area contributed by atoms with Crippen molar-refractivity contribution in [3.8, 4) is 11.6 Å². The monoisotopic (exact) mass is 233 g/mol. The predicted octanol–water partition coefficient (Wildman–Crippen LogP) is 1.82. The summed E-state index contributed by atoms with van der Waals surface area (Å²) < 4.78 is 7.19. The molecule has 0 aliphatic carbocycles. The van der Waals surface area contributed by atoms with Crippen molar-refractivity contribution in [3.63, 3.8) is 0 Å². The molecule has 90 valence electrons. The van der Waals surface area contributed by atoms with Crippen molar-refractivity contribution >= 4 is 5.82 Å². The summed E-state index contributed by atoms with van der Waals surface area (Å²) in [4.78, 5) is 8.35. The van der Waals surface area contributed by atoms with E-state index in [1.807, 2.05) is 7.05 Å². The molecule has 0 aromatic carbocycles. The Morgan fingerprint density at radius 1 is 1.35 bits per heavy atom. The normalized spacial score (nSPS) is 10.2. The van der Waals surface area contributed by atoms with Gasteiger partial charge in [0.2, 0.25) is 5.88 Å². The lowest BCUT2D eigenvalue weighted by Gasteiger charge is -2.05. The molecule has 2 aromatic heterocycles. The van der Waals surface area contributed by atoms with Crippen LogP contribution in [0.4, 0.5) is 5.82 Å². The number of rotatable bonds is 5. The van der Waals surface area contributed by atoms with Crippen LogP contribution in [0.2, 0.25) is 0 Å². The fourth-order valence-corrected chi connectivity index (χ4v) is 1.31. The van der Waals surface area contributed by atoms with Gasteiger partial charge >= 0.3 is 0 Å². The topological polar surface area (TPSA) is 64.9 Å². The second-order valence-corrected chi connectivity index (χ2v) is 3.62.